The summed E-state index contributed by atoms with van der Waals surface area (Å²) in [6.45, 7) is 3.88. The van der Waals surface area contributed by atoms with Crippen LogP contribution in [0, 0.1) is 6.92 Å². The average Bonchev–Trinajstić information content (AvgIpc) is 3.34. The van der Waals surface area contributed by atoms with Crippen LogP contribution in [0.25, 0.3) is 17.0 Å². The van der Waals surface area contributed by atoms with Crippen molar-refractivity contribution in [3.63, 3.8) is 0 Å². The number of aryl methyl sites for hydroxylation is 1. The van der Waals surface area contributed by atoms with Crippen LogP contribution in [0.15, 0.2) is 83.0 Å². The lowest BCUT2D eigenvalue weighted by atomic mass is 9.94. The van der Waals surface area contributed by atoms with Gasteiger partial charge in [0, 0.05) is 11.3 Å². The molecule has 1 atom stereocenters. The summed E-state index contributed by atoms with van der Waals surface area (Å²) in [6, 6.07) is 22.0. The summed E-state index contributed by atoms with van der Waals surface area (Å²) >= 11 is 6.36. The van der Waals surface area contributed by atoms with Gasteiger partial charge in [0.05, 0.1) is 29.4 Å². The number of allylic oxidation sites excluding steroid dienone is 1. The molecule has 176 valence electrons. The first kappa shape index (κ1) is 22.7. The molecule has 0 spiro atoms. The fraction of sp³-hybridized carbons (Fsp3) is 0.148. The van der Waals surface area contributed by atoms with Crippen LogP contribution >= 0.6 is 11.6 Å². The number of anilines is 1. The van der Waals surface area contributed by atoms with Gasteiger partial charge in [0.25, 0.3) is 5.89 Å². The number of rotatable bonds is 5. The molecule has 2 amide bonds. The summed E-state index contributed by atoms with van der Waals surface area (Å²) in [5, 5.41) is 7.71. The molecular formula is C27H23ClN4O3. The predicted molar refractivity (Wildman–Crippen MR) is 135 cm³/mol. The van der Waals surface area contributed by atoms with Crippen molar-refractivity contribution in [2.75, 3.05) is 12.0 Å². The van der Waals surface area contributed by atoms with E-state index < -0.39 is 6.04 Å². The summed E-state index contributed by atoms with van der Waals surface area (Å²) in [4.78, 5) is 19.6. The second kappa shape index (κ2) is 9.27. The molecular weight excluding hydrogens is 464 g/mol. The van der Waals surface area contributed by atoms with Crippen molar-refractivity contribution in [3.8, 4) is 17.1 Å². The Hall–Kier alpha value is -4.10. The molecule has 1 aliphatic heterocycles. The highest BCUT2D eigenvalue weighted by Crippen LogP contribution is 2.40. The second-order valence-electron chi connectivity index (χ2n) is 8.24. The minimum absolute atomic E-state index is 0.292. The topological polar surface area (TPSA) is 80.5 Å². The van der Waals surface area contributed by atoms with E-state index in [0.717, 1.165) is 16.7 Å². The van der Waals surface area contributed by atoms with Gasteiger partial charge < -0.3 is 14.6 Å². The van der Waals surface area contributed by atoms with Gasteiger partial charge in [0.1, 0.15) is 5.75 Å². The number of carbonyl (C=O) groups excluding carboxylic acids is 1. The maximum absolute atomic E-state index is 13.3. The number of hydrogen-bond acceptors (Lipinski definition) is 5. The Morgan fingerprint density at radius 2 is 1.77 bits per heavy atom. The zero-order valence-corrected chi connectivity index (χ0v) is 20.2. The van der Waals surface area contributed by atoms with Crippen LogP contribution in [0.4, 0.5) is 10.5 Å². The first-order chi connectivity index (χ1) is 17.0. The number of benzene rings is 3. The molecule has 7 nitrogen and oxygen atoms in total. The van der Waals surface area contributed by atoms with E-state index in [1.807, 2.05) is 68.4 Å². The van der Waals surface area contributed by atoms with Crippen LogP contribution in [-0.4, -0.2) is 23.3 Å². The highest BCUT2D eigenvalue weighted by Gasteiger charge is 2.36. The Balaban J connectivity index is 1.64. The lowest BCUT2D eigenvalue weighted by molar-refractivity contribution is 0.244. The third kappa shape index (κ3) is 4.26. The Labute approximate surface area is 208 Å². The molecule has 0 saturated heterocycles. The number of methoxy groups -OCH3 is 1. The quantitative estimate of drug-likeness (QED) is 0.352. The lowest BCUT2D eigenvalue weighted by Crippen LogP contribution is -2.46. The molecule has 3 aromatic carbocycles. The number of ether oxygens (including phenoxy) is 1. The van der Waals surface area contributed by atoms with E-state index in [2.05, 4.69) is 10.5 Å². The normalized spacial score (nSPS) is 15.8. The van der Waals surface area contributed by atoms with Crippen molar-refractivity contribution >= 4 is 28.9 Å². The Morgan fingerprint density at radius 1 is 1.03 bits per heavy atom. The van der Waals surface area contributed by atoms with Gasteiger partial charge in [-0.2, -0.15) is 4.98 Å². The molecule has 1 N–H and O–H groups in total. The molecule has 0 fully saturated rings. The second-order valence-corrected chi connectivity index (χ2v) is 8.64. The monoisotopic (exact) mass is 486 g/mol. The van der Waals surface area contributed by atoms with Crippen molar-refractivity contribution in [2.24, 2.45) is 0 Å². The summed E-state index contributed by atoms with van der Waals surface area (Å²) < 4.78 is 11.0. The van der Waals surface area contributed by atoms with Gasteiger partial charge in [-0.15, -0.1) is 0 Å². The van der Waals surface area contributed by atoms with Crippen molar-refractivity contribution in [2.45, 2.75) is 19.9 Å². The standard InChI is InChI=1S/C27H23ClN4O3/c1-16-9-11-19(12-10-16)25-30-26(35-31-25)23-17(2)32(20-13-14-22(34-3)21(28)15-20)27(33)29-24(23)18-7-5-4-6-8-18/h4-15,24H,1-3H3,(H,29,33). The molecule has 0 saturated carbocycles. The maximum atomic E-state index is 13.3. The van der Waals surface area contributed by atoms with Gasteiger partial charge in [0.2, 0.25) is 5.82 Å². The molecule has 0 bridgehead atoms. The van der Waals surface area contributed by atoms with Crippen molar-refractivity contribution in [1.82, 2.24) is 15.5 Å². The summed E-state index contributed by atoms with van der Waals surface area (Å²) in [6.07, 6.45) is 0. The number of amides is 2. The van der Waals surface area contributed by atoms with Crippen molar-refractivity contribution in [1.29, 1.82) is 0 Å². The predicted octanol–water partition coefficient (Wildman–Crippen LogP) is 6.41. The largest absolute Gasteiger partial charge is 0.495 e. The van der Waals surface area contributed by atoms with Crippen LogP contribution in [0.1, 0.15) is 30.0 Å². The van der Waals surface area contributed by atoms with Crippen LogP contribution in [0.2, 0.25) is 5.02 Å². The number of nitrogens with zero attached hydrogens (tertiary/aromatic N) is 3. The lowest BCUT2D eigenvalue weighted by Gasteiger charge is -2.35. The van der Waals surface area contributed by atoms with E-state index in [1.54, 1.807) is 30.2 Å². The molecule has 2 heterocycles. The van der Waals surface area contributed by atoms with Gasteiger partial charge in [0.15, 0.2) is 0 Å². The molecule has 1 aliphatic rings. The van der Waals surface area contributed by atoms with Crippen LogP contribution < -0.4 is 15.0 Å². The van der Waals surface area contributed by atoms with Crippen LogP contribution in [0.3, 0.4) is 0 Å². The van der Waals surface area contributed by atoms with Crippen molar-refractivity contribution < 1.29 is 14.1 Å². The van der Waals surface area contributed by atoms with Crippen LogP contribution in [-0.2, 0) is 0 Å². The van der Waals surface area contributed by atoms with E-state index in [1.165, 1.54) is 0 Å². The Morgan fingerprint density at radius 3 is 2.46 bits per heavy atom. The molecule has 0 aliphatic carbocycles. The van der Waals surface area contributed by atoms with E-state index in [-0.39, 0.29) is 6.03 Å². The van der Waals surface area contributed by atoms with Crippen molar-refractivity contribution in [3.05, 3.63) is 101 Å². The fourth-order valence-electron chi connectivity index (χ4n) is 4.17. The number of nitrogens with one attached hydrogen (secondary N) is 1. The molecule has 8 heteroatoms. The molecule has 0 radical (unpaired) electrons. The number of carbonyl (C=O) groups is 1. The molecule has 4 aromatic rings. The zero-order valence-electron chi connectivity index (χ0n) is 19.4. The minimum atomic E-state index is -0.472. The maximum Gasteiger partial charge on any atom is 0.326 e. The van der Waals surface area contributed by atoms with E-state index in [4.69, 9.17) is 25.8 Å². The number of aromatic nitrogens is 2. The highest BCUT2D eigenvalue weighted by atomic mass is 35.5. The van der Waals surface area contributed by atoms with E-state index >= 15 is 0 Å². The van der Waals surface area contributed by atoms with E-state index in [0.29, 0.717) is 39.4 Å². The number of hydrogen-bond donors (Lipinski definition) is 1. The fourth-order valence-corrected chi connectivity index (χ4v) is 4.43. The summed E-state index contributed by atoms with van der Waals surface area (Å²) in [5.74, 6) is 1.33. The molecule has 5 rings (SSSR count). The van der Waals surface area contributed by atoms with E-state index in [9.17, 15) is 4.79 Å². The van der Waals surface area contributed by atoms with Gasteiger partial charge >= 0.3 is 6.03 Å². The van der Waals surface area contributed by atoms with Gasteiger partial charge in [-0.1, -0.05) is 76.9 Å². The smallest absolute Gasteiger partial charge is 0.326 e. The van der Waals surface area contributed by atoms with Crippen LogP contribution in [0.5, 0.6) is 5.75 Å². The first-order valence-corrected chi connectivity index (χ1v) is 11.4. The molecule has 1 aromatic heterocycles. The summed E-state index contributed by atoms with van der Waals surface area (Å²) in [5.41, 5.74) is 4.84. The minimum Gasteiger partial charge on any atom is -0.495 e. The average molecular weight is 487 g/mol. The SMILES string of the molecule is COc1ccc(N2C(=O)NC(c3ccccc3)C(c3nc(-c4ccc(C)cc4)no3)=C2C)cc1Cl. The Kier molecular flexibility index (Phi) is 6.01. The van der Waals surface area contributed by atoms with Gasteiger partial charge in [-0.05, 0) is 37.6 Å². The summed E-state index contributed by atoms with van der Waals surface area (Å²) in [7, 11) is 1.55. The van der Waals surface area contributed by atoms with Gasteiger partial charge in [-0.3, -0.25) is 4.90 Å². The third-order valence-electron chi connectivity index (χ3n) is 5.98. The van der Waals surface area contributed by atoms with Gasteiger partial charge in [-0.25, -0.2) is 4.79 Å². The molecule has 1 unspecified atom stereocenters. The number of halogens is 1. The molecule has 35 heavy (non-hydrogen) atoms. The Bertz CT molecular complexity index is 1410. The highest BCUT2D eigenvalue weighted by molar-refractivity contribution is 6.32. The first-order valence-electron chi connectivity index (χ1n) is 11.1. The number of urea groups is 1. The third-order valence-corrected chi connectivity index (χ3v) is 6.27. The zero-order chi connectivity index (χ0) is 24.5.